The minimum absolute atomic E-state index is 0.0322. The molecule has 0 spiro atoms. The molecule has 3 rings (SSSR count). The molecule has 1 aromatic carbocycles. The molecule has 0 aliphatic carbocycles. The van der Waals surface area contributed by atoms with Crippen LogP contribution in [0.1, 0.15) is 25.3 Å². The number of amides is 1. The number of piperidine rings is 1. The van der Waals surface area contributed by atoms with E-state index in [2.05, 4.69) is 20.4 Å². The maximum Gasteiger partial charge on any atom is 0.223 e. The van der Waals surface area contributed by atoms with Gasteiger partial charge in [0, 0.05) is 36.7 Å². The lowest BCUT2D eigenvalue weighted by Gasteiger charge is -2.31. The quantitative estimate of drug-likeness (QED) is 0.782. The van der Waals surface area contributed by atoms with Gasteiger partial charge in [0.2, 0.25) is 5.91 Å². The standard InChI is InChI=1S/C20H27FN4O2/c1-14(13-27-2)23-20(26)16-7-9-25(10-8-16)12-17-11-22-24-19(17)15-3-5-18(21)6-4-15/h3-6,11,14,16H,7-10,12-13H2,1-2H3,(H,22,24)(H,23,26). The summed E-state index contributed by atoms with van der Waals surface area (Å²) >= 11 is 0. The first-order chi connectivity index (χ1) is 13.1. The van der Waals surface area contributed by atoms with Gasteiger partial charge in [0.05, 0.1) is 18.5 Å². The minimum atomic E-state index is -0.250. The number of halogens is 1. The number of H-pyrrole nitrogens is 1. The van der Waals surface area contributed by atoms with Crippen LogP contribution in [0, 0.1) is 11.7 Å². The first-order valence-electron chi connectivity index (χ1n) is 9.36. The number of aromatic nitrogens is 2. The smallest absolute Gasteiger partial charge is 0.223 e. The summed E-state index contributed by atoms with van der Waals surface area (Å²) in [7, 11) is 1.64. The Hall–Kier alpha value is -2.25. The van der Waals surface area contributed by atoms with Gasteiger partial charge in [0.15, 0.2) is 0 Å². The highest BCUT2D eigenvalue weighted by atomic mass is 19.1. The van der Waals surface area contributed by atoms with Crippen LogP contribution in [-0.4, -0.2) is 53.9 Å². The number of rotatable bonds is 7. The van der Waals surface area contributed by atoms with E-state index >= 15 is 0 Å². The maximum absolute atomic E-state index is 13.2. The fourth-order valence-corrected chi connectivity index (χ4v) is 3.54. The number of hydrogen-bond acceptors (Lipinski definition) is 4. The highest BCUT2D eigenvalue weighted by Gasteiger charge is 2.26. The van der Waals surface area contributed by atoms with Crippen LogP contribution in [0.25, 0.3) is 11.3 Å². The van der Waals surface area contributed by atoms with E-state index in [1.54, 1.807) is 19.2 Å². The first-order valence-corrected chi connectivity index (χ1v) is 9.36. The normalized spacial score (nSPS) is 17.0. The van der Waals surface area contributed by atoms with E-state index in [0.717, 1.165) is 49.3 Å². The number of carbonyl (C=O) groups excluding carboxylic acids is 1. The lowest BCUT2D eigenvalue weighted by atomic mass is 9.95. The van der Waals surface area contributed by atoms with Crippen molar-refractivity contribution in [2.24, 2.45) is 5.92 Å². The molecule has 0 radical (unpaired) electrons. The van der Waals surface area contributed by atoms with Crippen molar-refractivity contribution in [2.45, 2.75) is 32.4 Å². The molecule has 2 aromatic rings. The molecule has 146 valence electrons. The lowest BCUT2D eigenvalue weighted by molar-refractivity contribution is -0.127. The van der Waals surface area contributed by atoms with Crippen LogP contribution in [-0.2, 0) is 16.1 Å². The van der Waals surface area contributed by atoms with Crippen LogP contribution in [0.5, 0.6) is 0 Å². The second-order valence-electron chi connectivity index (χ2n) is 7.19. The molecule has 1 atom stereocenters. The van der Waals surface area contributed by atoms with Gasteiger partial charge >= 0.3 is 0 Å². The van der Waals surface area contributed by atoms with Crippen LogP contribution < -0.4 is 5.32 Å². The third kappa shape index (κ3) is 5.14. The van der Waals surface area contributed by atoms with Crippen LogP contribution in [0.2, 0.25) is 0 Å². The summed E-state index contributed by atoms with van der Waals surface area (Å²) in [6, 6.07) is 6.45. The maximum atomic E-state index is 13.2. The molecule has 0 saturated carbocycles. The van der Waals surface area contributed by atoms with Crippen LogP contribution in [0.3, 0.4) is 0 Å². The van der Waals surface area contributed by atoms with Gasteiger partial charge in [0.25, 0.3) is 0 Å². The van der Waals surface area contributed by atoms with E-state index < -0.39 is 0 Å². The fraction of sp³-hybridized carbons (Fsp3) is 0.500. The summed E-state index contributed by atoms with van der Waals surface area (Å²) < 4.78 is 18.2. The summed E-state index contributed by atoms with van der Waals surface area (Å²) in [4.78, 5) is 14.7. The summed E-state index contributed by atoms with van der Waals surface area (Å²) in [6.07, 6.45) is 3.51. The molecule has 2 heterocycles. The SMILES string of the molecule is COCC(C)NC(=O)C1CCN(Cc2cn[nH]c2-c2ccc(F)cc2)CC1. The van der Waals surface area contributed by atoms with E-state index in [9.17, 15) is 9.18 Å². The molecule has 6 nitrogen and oxygen atoms in total. The number of ether oxygens (including phenoxy) is 1. The predicted molar refractivity (Wildman–Crippen MR) is 101 cm³/mol. The molecule has 1 saturated heterocycles. The molecule has 1 amide bonds. The van der Waals surface area contributed by atoms with Gasteiger partial charge < -0.3 is 10.1 Å². The Labute approximate surface area is 159 Å². The Kier molecular flexibility index (Phi) is 6.58. The molecular formula is C20H27FN4O2. The zero-order valence-corrected chi connectivity index (χ0v) is 15.9. The number of likely N-dealkylation sites (tertiary alicyclic amines) is 1. The van der Waals surface area contributed by atoms with Gasteiger partial charge in [-0.05, 0) is 57.1 Å². The second-order valence-corrected chi connectivity index (χ2v) is 7.19. The van der Waals surface area contributed by atoms with E-state index in [1.165, 1.54) is 12.1 Å². The summed E-state index contributed by atoms with van der Waals surface area (Å²) in [5.74, 6) is -0.0732. The number of carbonyl (C=O) groups is 1. The topological polar surface area (TPSA) is 70.2 Å². The van der Waals surface area contributed by atoms with Gasteiger partial charge in [-0.25, -0.2) is 4.39 Å². The predicted octanol–water partition coefficient (Wildman–Crippen LogP) is 2.58. The number of methoxy groups -OCH3 is 1. The first kappa shape index (κ1) is 19.5. The van der Waals surface area contributed by atoms with Crippen molar-refractivity contribution in [3.05, 3.63) is 41.8 Å². The van der Waals surface area contributed by atoms with Gasteiger partial charge in [-0.15, -0.1) is 0 Å². The third-order valence-corrected chi connectivity index (χ3v) is 5.01. The van der Waals surface area contributed by atoms with Crippen molar-refractivity contribution >= 4 is 5.91 Å². The fourth-order valence-electron chi connectivity index (χ4n) is 3.54. The van der Waals surface area contributed by atoms with E-state index in [0.29, 0.717) is 6.61 Å². The average molecular weight is 374 g/mol. The number of hydrogen-bond donors (Lipinski definition) is 2. The zero-order chi connectivity index (χ0) is 19.2. The summed E-state index contributed by atoms with van der Waals surface area (Å²) in [5.41, 5.74) is 2.92. The van der Waals surface area contributed by atoms with Crippen molar-refractivity contribution in [1.29, 1.82) is 0 Å². The highest BCUT2D eigenvalue weighted by Crippen LogP contribution is 2.25. The minimum Gasteiger partial charge on any atom is -0.383 e. The van der Waals surface area contributed by atoms with Crippen molar-refractivity contribution in [3.63, 3.8) is 0 Å². The van der Waals surface area contributed by atoms with Crippen molar-refractivity contribution < 1.29 is 13.9 Å². The van der Waals surface area contributed by atoms with Crippen molar-refractivity contribution in [1.82, 2.24) is 20.4 Å². The number of nitrogens with zero attached hydrogens (tertiary/aromatic N) is 2. The molecule has 1 aromatic heterocycles. The summed E-state index contributed by atoms with van der Waals surface area (Å²) in [6.45, 7) is 4.97. The molecule has 7 heteroatoms. The van der Waals surface area contributed by atoms with Gasteiger partial charge in [-0.1, -0.05) is 0 Å². The van der Waals surface area contributed by atoms with Crippen LogP contribution in [0.4, 0.5) is 4.39 Å². The second kappa shape index (κ2) is 9.10. The molecule has 27 heavy (non-hydrogen) atoms. The Balaban J connectivity index is 1.54. The van der Waals surface area contributed by atoms with E-state index in [-0.39, 0.29) is 23.7 Å². The Bertz CT molecular complexity index is 739. The molecule has 1 fully saturated rings. The summed E-state index contributed by atoms with van der Waals surface area (Å²) in [5, 5.41) is 10.2. The zero-order valence-electron chi connectivity index (χ0n) is 15.9. The van der Waals surface area contributed by atoms with Gasteiger partial charge in [0.1, 0.15) is 5.82 Å². The molecule has 1 aliphatic heterocycles. The molecule has 0 bridgehead atoms. The largest absolute Gasteiger partial charge is 0.383 e. The van der Waals surface area contributed by atoms with Crippen molar-refractivity contribution in [2.75, 3.05) is 26.8 Å². The Morgan fingerprint density at radius 2 is 2.07 bits per heavy atom. The molecule has 1 aliphatic rings. The highest BCUT2D eigenvalue weighted by molar-refractivity contribution is 5.79. The van der Waals surface area contributed by atoms with Gasteiger partial charge in [-0.2, -0.15) is 5.10 Å². The van der Waals surface area contributed by atoms with Crippen LogP contribution >= 0.6 is 0 Å². The third-order valence-electron chi connectivity index (χ3n) is 5.01. The lowest BCUT2D eigenvalue weighted by Crippen LogP contribution is -2.44. The molecular weight excluding hydrogens is 347 g/mol. The number of nitrogens with one attached hydrogen (secondary N) is 2. The number of benzene rings is 1. The molecule has 2 N–H and O–H groups in total. The van der Waals surface area contributed by atoms with Crippen LogP contribution in [0.15, 0.2) is 30.5 Å². The molecule has 1 unspecified atom stereocenters. The van der Waals surface area contributed by atoms with Gasteiger partial charge in [-0.3, -0.25) is 14.8 Å². The Morgan fingerprint density at radius 1 is 1.37 bits per heavy atom. The number of aromatic amines is 1. The van der Waals surface area contributed by atoms with E-state index in [4.69, 9.17) is 4.74 Å². The Morgan fingerprint density at radius 3 is 2.74 bits per heavy atom. The van der Waals surface area contributed by atoms with E-state index in [1.807, 2.05) is 13.1 Å². The average Bonchev–Trinajstić information content (AvgIpc) is 3.11. The monoisotopic (exact) mass is 374 g/mol. The van der Waals surface area contributed by atoms with Crippen molar-refractivity contribution in [3.8, 4) is 11.3 Å².